The Hall–Kier alpha value is -1.06. The Labute approximate surface area is 96.3 Å². The summed E-state index contributed by atoms with van der Waals surface area (Å²) in [5.74, 6) is 1.30. The van der Waals surface area contributed by atoms with Crippen LogP contribution in [0, 0.1) is 5.92 Å². The van der Waals surface area contributed by atoms with Gasteiger partial charge in [0, 0.05) is 11.5 Å². The third-order valence-electron chi connectivity index (χ3n) is 3.04. The molecule has 3 unspecified atom stereocenters. The molecule has 0 radical (unpaired) electrons. The van der Waals surface area contributed by atoms with E-state index < -0.39 is 0 Å². The fourth-order valence-electron chi connectivity index (χ4n) is 1.68. The molecule has 0 bridgehead atoms. The number of methoxy groups -OCH3 is 1. The molecule has 16 heavy (non-hydrogen) atoms. The first-order chi connectivity index (χ1) is 7.70. The van der Waals surface area contributed by atoms with E-state index in [9.17, 15) is 0 Å². The molecule has 1 fully saturated rings. The van der Waals surface area contributed by atoms with Crippen LogP contribution in [0.4, 0.5) is 0 Å². The van der Waals surface area contributed by atoms with Crippen molar-refractivity contribution in [3.8, 4) is 5.75 Å². The molecule has 0 saturated carbocycles. The molecule has 2 rings (SSSR count). The second-order valence-corrected chi connectivity index (χ2v) is 4.26. The van der Waals surface area contributed by atoms with Crippen molar-refractivity contribution < 1.29 is 14.2 Å². The lowest BCUT2D eigenvalue weighted by Gasteiger charge is -2.33. The lowest BCUT2D eigenvalue weighted by molar-refractivity contribution is -0.233. The first-order valence-electron chi connectivity index (χ1n) is 5.61. The SMILES string of the molecule is COc1ccc(C2OCC(C)C(C)O2)cc1. The van der Waals surface area contributed by atoms with Gasteiger partial charge in [0.15, 0.2) is 6.29 Å². The summed E-state index contributed by atoms with van der Waals surface area (Å²) >= 11 is 0. The van der Waals surface area contributed by atoms with Gasteiger partial charge in [0.05, 0.1) is 19.8 Å². The highest BCUT2D eigenvalue weighted by Crippen LogP contribution is 2.29. The normalized spacial score (nSPS) is 30.1. The largest absolute Gasteiger partial charge is 0.497 e. The van der Waals surface area contributed by atoms with Crippen LogP contribution in [-0.4, -0.2) is 19.8 Å². The highest BCUT2D eigenvalue weighted by molar-refractivity contribution is 5.27. The van der Waals surface area contributed by atoms with Crippen molar-refractivity contribution in [2.45, 2.75) is 26.2 Å². The molecule has 3 heteroatoms. The number of hydrogen-bond donors (Lipinski definition) is 0. The van der Waals surface area contributed by atoms with Gasteiger partial charge in [-0.2, -0.15) is 0 Å². The van der Waals surface area contributed by atoms with Crippen molar-refractivity contribution in [3.63, 3.8) is 0 Å². The summed E-state index contributed by atoms with van der Waals surface area (Å²) in [7, 11) is 1.66. The third-order valence-corrected chi connectivity index (χ3v) is 3.04. The van der Waals surface area contributed by atoms with Gasteiger partial charge in [0.25, 0.3) is 0 Å². The summed E-state index contributed by atoms with van der Waals surface area (Å²) in [5, 5.41) is 0. The zero-order valence-electron chi connectivity index (χ0n) is 9.97. The van der Waals surface area contributed by atoms with E-state index in [-0.39, 0.29) is 12.4 Å². The van der Waals surface area contributed by atoms with Crippen molar-refractivity contribution >= 4 is 0 Å². The molecule has 3 nitrogen and oxygen atoms in total. The topological polar surface area (TPSA) is 27.7 Å². The Morgan fingerprint density at radius 1 is 1.19 bits per heavy atom. The molecular weight excluding hydrogens is 204 g/mol. The molecule has 88 valence electrons. The van der Waals surface area contributed by atoms with Crippen LogP contribution >= 0.6 is 0 Å². The lowest BCUT2D eigenvalue weighted by Crippen LogP contribution is -2.32. The van der Waals surface area contributed by atoms with E-state index in [1.165, 1.54) is 0 Å². The summed E-state index contributed by atoms with van der Waals surface area (Å²) in [6.45, 7) is 4.97. The monoisotopic (exact) mass is 222 g/mol. The van der Waals surface area contributed by atoms with E-state index in [1.54, 1.807) is 7.11 Å². The van der Waals surface area contributed by atoms with Crippen molar-refractivity contribution in [3.05, 3.63) is 29.8 Å². The highest BCUT2D eigenvalue weighted by Gasteiger charge is 2.26. The quantitative estimate of drug-likeness (QED) is 0.770. The van der Waals surface area contributed by atoms with E-state index in [4.69, 9.17) is 14.2 Å². The van der Waals surface area contributed by atoms with Crippen LogP contribution in [0.2, 0.25) is 0 Å². The summed E-state index contributed by atoms with van der Waals surface area (Å²) in [6, 6.07) is 7.80. The Morgan fingerprint density at radius 3 is 2.44 bits per heavy atom. The van der Waals surface area contributed by atoms with Gasteiger partial charge in [-0.1, -0.05) is 19.1 Å². The second-order valence-electron chi connectivity index (χ2n) is 4.26. The van der Waals surface area contributed by atoms with E-state index in [0.29, 0.717) is 5.92 Å². The minimum atomic E-state index is -0.239. The van der Waals surface area contributed by atoms with Gasteiger partial charge in [0.1, 0.15) is 5.75 Å². The van der Waals surface area contributed by atoms with Crippen molar-refractivity contribution in [2.24, 2.45) is 5.92 Å². The molecule has 0 aliphatic carbocycles. The Morgan fingerprint density at radius 2 is 1.88 bits per heavy atom. The number of ether oxygens (including phenoxy) is 3. The minimum absolute atomic E-state index is 0.237. The first kappa shape index (κ1) is 11.4. The third kappa shape index (κ3) is 2.36. The maximum absolute atomic E-state index is 5.80. The van der Waals surface area contributed by atoms with Crippen LogP contribution in [-0.2, 0) is 9.47 Å². The smallest absolute Gasteiger partial charge is 0.184 e. The van der Waals surface area contributed by atoms with E-state index in [1.807, 2.05) is 24.3 Å². The average molecular weight is 222 g/mol. The zero-order valence-corrected chi connectivity index (χ0v) is 9.97. The molecule has 0 spiro atoms. The van der Waals surface area contributed by atoms with Gasteiger partial charge in [-0.05, 0) is 19.1 Å². The fraction of sp³-hybridized carbons (Fsp3) is 0.538. The summed E-state index contributed by atoms with van der Waals surface area (Å²) in [6.07, 6.45) is -0.00189. The molecule has 1 aromatic carbocycles. The van der Waals surface area contributed by atoms with Crippen LogP contribution in [0.3, 0.4) is 0 Å². The van der Waals surface area contributed by atoms with Gasteiger partial charge in [0.2, 0.25) is 0 Å². The first-order valence-corrected chi connectivity index (χ1v) is 5.61. The van der Waals surface area contributed by atoms with Gasteiger partial charge in [-0.25, -0.2) is 0 Å². The molecule has 0 aromatic heterocycles. The fourth-order valence-corrected chi connectivity index (χ4v) is 1.68. The van der Waals surface area contributed by atoms with Gasteiger partial charge in [-0.3, -0.25) is 0 Å². The predicted molar refractivity (Wildman–Crippen MR) is 61.4 cm³/mol. The summed E-state index contributed by atoms with van der Waals surface area (Å²) in [5.41, 5.74) is 1.04. The lowest BCUT2D eigenvalue weighted by atomic mass is 10.1. The van der Waals surface area contributed by atoms with E-state index >= 15 is 0 Å². The molecule has 1 aliphatic heterocycles. The van der Waals surface area contributed by atoms with Crippen LogP contribution in [0.5, 0.6) is 5.75 Å². The minimum Gasteiger partial charge on any atom is -0.497 e. The molecule has 0 amide bonds. The molecule has 1 aromatic rings. The van der Waals surface area contributed by atoms with Crippen LogP contribution in [0.1, 0.15) is 25.7 Å². The Balaban J connectivity index is 2.06. The molecule has 1 saturated heterocycles. The summed E-state index contributed by atoms with van der Waals surface area (Å²) < 4.78 is 16.6. The average Bonchev–Trinajstić information content (AvgIpc) is 2.33. The predicted octanol–water partition coefficient (Wildman–Crippen LogP) is 2.77. The van der Waals surface area contributed by atoms with E-state index in [0.717, 1.165) is 17.9 Å². The van der Waals surface area contributed by atoms with Crippen LogP contribution in [0.15, 0.2) is 24.3 Å². The molecule has 0 N–H and O–H groups in total. The molecular formula is C13H18O3. The van der Waals surface area contributed by atoms with E-state index in [2.05, 4.69) is 13.8 Å². The molecule has 1 aliphatic rings. The van der Waals surface area contributed by atoms with Gasteiger partial charge in [-0.15, -0.1) is 0 Å². The summed E-state index contributed by atoms with van der Waals surface area (Å²) in [4.78, 5) is 0. The molecule has 1 heterocycles. The number of hydrogen-bond acceptors (Lipinski definition) is 3. The number of benzene rings is 1. The standard InChI is InChI=1S/C13H18O3/c1-9-8-15-13(16-10(9)2)11-4-6-12(14-3)7-5-11/h4-7,9-10,13H,8H2,1-3H3. The van der Waals surface area contributed by atoms with Crippen molar-refractivity contribution in [1.82, 2.24) is 0 Å². The van der Waals surface area contributed by atoms with Crippen LogP contribution in [0.25, 0.3) is 0 Å². The molecule has 3 atom stereocenters. The Kier molecular flexibility index (Phi) is 3.46. The van der Waals surface area contributed by atoms with Gasteiger partial charge >= 0.3 is 0 Å². The van der Waals surface area contributed by atoms with Crippen molar-refractivity contribution in [1.29, 1.82) is 0 Å². The maximum atomic E-state index is 5.80. The maximum Gasteiger partial charge on any atom is 0.184 e. The Bertz CT molecular complexity index is 334. The van der Waals surface area contributed by atoms with Crippen molar-refractivity contribution in [2.75, 3.05) is 13.7 Å². The second kappa shape index (κ2) is 4.85. The zero-order chi connectivity index (χ0) is 11.5. The number of rotatable bonds is 2. The van der Waals surface area contributed by atoms with Gasteiger partial charge < -0.3 is 14.2 Å². The van der Waals surface area contributed by atoms with Crippen LogP contribution < -0.4 is 4.74 Å². The highest BCUT2D eigenvalue weighted by atomic mass is 16.7.